The maximum absolute atomic E-state index is 12.9. The smallest absolute Gasteiger partial charge is 0.252 e. The first-order chi connectivity index (χ1) is 15.6. The molecular weight excluding hydrogens is 509 g/mol. The van der Waals surface area contributed by atoms with Crippen LogP contribution in [0.4, 0.5) is 5.13 Å². The largest absolute Gasteiger partial charge is 0.490 e. The van der Waals surface area contributed by atoms with E-state index in [-0.39, 0.29) is 27.0 Å². The number of halogens is 2. The molecule has 1 aliphatic heterocycles. The van der Waals surface area contributed by atoms with Crippen LogP contribution in [0.3, 0.4) is 0 Å². The molecule has 1 aliphatic carbocycles. The summed E-state index contributed by atoms with van der Waals surface area (Å²) in [6.45, 7) is 1.85. The highest BCUT2D eigenvalue weighted by Crippen LogP contribution is 2.32. The Balaban J connectivity index is 1.30. The zero-order valence-corrected chi connectivity index (χ0v) is 21.0. The summed E-state index contributed by atoms with van der Waals surface area (Å²) in [7, 11) is -3.82. The number of likely N-dealkylation sites (tertiary alicyclic amines) is 1. The van der Waals surface area contributed by atoms with Gasteiger partial charge in [-0.3, -0.25) is 4.79 Å². The molecule has 5 N–H and O–H groups in total. The monoisotopic (exact) mass is 535 g/mol. The third kappa shape index (κ3) is 5.84. The number of rotatable bonds is 4. The number of hydrogen-bond donors (Lipinski definition) is 3. The van der Waals surface area contributed by atoms with E-state index in [0.29, 0.717) is 28.9 Å². The quantitative estimate of drug-likeness (QED) is 0.507. The lowest BCUT2D eigenvalue weighted by Gasteiger charge is -2.40. The third-order valence-corrected chi connectivity index (χ3v) is 9.27. The number of anilines is 1. The molecule has 33 heavy (non-hydrogen) atoms. The molecule has 1 aromatic heterocycles. The molecule has 1 saturated heterocycles. The maximum atomic E-state index is 12.9. The number of aromatic nitrogens is 2. The molecule has 1 unspecified atom stereocenters. The van der Waals surface area contributed by atoms with Crippen molar-refractivity contribution in [2.75, 3.05) is 18.8 Å². The Labute approximate surface area is 206 Å². The molecule has 0 spiro atoms. The van der Waals surface area contributed by atoms with Crippen molar-refractivity contribution in [3.8, 4) is 5.75 Å². The predicted octanol–water partition coefficient (Wildman–Crippen LogP) is 3.74. The molecule has 1 saturated carbocycles. The van der Waals surface area contributed by atoms with Gasteiger partial charge >= 0.3 is 0 Å². The molecule has 1 atom stereocenters. The van der Waals surface area contributed by atoms with E-state index in [4.69, 9.17) is 38.8 Å². The Morgan fingerprint density at radius 3 is 2.42 bits per heavy atom. The summed E-state index contributed by atoms with van der Waals surface area (Å²) in [6.07, 6.45) is 5.08. The van der Waals surface area contributed by atoms with Crippen LogP contribution in [0.15, 0.2) is 18.2 Å². The predicted molar refractivity (Wildman–Crippen MR) is 131 cm³/mol. The van der Waals surface area contributed by atoms with E-state index in [1.54, 1.807) is 12.1 Å². The molecule has 2 fully saturated rings. The summed E-state index contributed by atoms with van der Waals surface area (Å²) in [6, 6.07) is 5.72. The zero-order chi connectivity index (χ0) is 23.8. The Morgan fingerprint density at radius 1 is 1.15 bits per heavy atom. The number of nitrogen functional groups attached to an aromatic ring is 1. The molecule has 9 nitrogen and oxygen atoms in total. The van der Waals surface area contributed by atoms with Crippen LogP contribution in [0, 0.1) is 9.87 Å². The van der Waals surface area contributed by atoms with E-state index in [2.05, 4.69) is 10.00 Å². The van der Waals surface area contributed by atoms with Crippen LogP contribution in [0.2, 0.25) is 10.0 Å². The van der Waals surface area contributed by atoms with Gasteiger partial charge in [-0.2, -0.15) is 4.68 Å². The second-order valence-electron chi connectivity index (χ2n) is 8.46. The number of hydrogen-bond acceptors (Lipinski definition) is 7. The molecule has 182 valence electrons. The molecule has 1 aromatic carbocycles. The van der Waals surface area contributed by atoms with E-state index < -0.39 is 9.99 Å². The van der Waals surface area contributed by atoms with E-state index in [9.17, 15) is 13.6 Å². The fraction of sp³-hybridized carbons (Fsp3) is 0.550. The van der Waals surface area contributed by atoms with Crippen LogP contribution in [0.1, 0.15) is 43.3 Å². The molecule has 2 aliphatic rings. The Morgan fingerprint density at radius 2 is 1.82 bits per heavy atom. The van der Waals surface area contributed by atoms with Crippen LogP contribution in [-0.2, 0) is 9.99 Å². The Hall–Kier alpha value is -1.34. The second-order valence-corrected chi connectivity index (χ2v) is 12.1. The lowest BCUT2D eigenvalue weighted by molar-refractivity contribution is 0.0511. The number of piperidine rings is 1. The van der Waals surface area contributed by atoms with Gasteiger partial charge in [-0.15, -0.1) is 5.10 Å². The average Bonchev–Trinajstić information content (AvgIpc) is 3.19. The van der Waals surface area contributed by atoms with Crippen molar-refractivity contribution in [2.24, 2.45) is 11.1 Å². The van der Waals surface area contributed by atoms with Crippen molar-refractivity contribution < 1.29 is 18.3 Å². The molecule has 2 aromatic rings. The fourth-order valence-corrected chi connectivity index (χ4v) is 6.50. The highest BCUT2D eigenvalue weighted by Gasteiger charge is 2.33. The van der Waals surface area contributed by atoms with Gasteiger partial charge in [-0.05, 0) is 50.7 Å². The Bertz CT molecular complexity index is 1170. The summed E-state index contributed by atoms with van der Waals surface area (Å²) < 4.78 is 28.4. The second kappa shape index (κ2) is 10.1. The van der Waals surface area contributed by atoms with Gasteiger partial charge in [-0.25, -0.2) is 9.35 Å². The molecule has 2 heterocycles. The number of nitrogens with two attached hydrogens (primary N) is 2. The van der Waals surface area contributed by atoms with E-state index in [1.165, 1.54) is 0 Å². The summed E-state index contributed by atoms with van der Waals surface area (Å²) in [5, 5.41) is 10.3. The number of carbonyl (C=O) groups is 1. The van der Waals surface area contributed by atoms with Gasteiger partial charge in [-0.1, -0.05) is 34.5 Å². The van der Waals surface area contributed by atoms with Crippen molar-refractivity contribution in [1.82, 2.24) is 14.7 Å². The lowest BCUT2D eigenvalue weighted by Crippen LogP contribution is -2.46. The number of ether oxygens (including phenoxy) is 1. The minimum Gasteiger partial charge on any atom is -0.490 e. The van der Waals surface area contributed by atoms with Gasteiger partial charge in [0, 0.05) is 31.1 Å². The van der Waals surface area contributed by atoms with Crippen LogP contribution in [0.25, 0.3) is 0 Å². The van der Waals surface area contributed by atoms with Crippen LogP contribution in [-0.4, -0.2) is 54.6 Å². The topological polar surface area (TPSA) is 137 Å². The first kappa shape index (κ1) is 24.8. The molecule has 0 radical (unpaired) electrons. The Kier molecular flexibility index (Phi) is 7.59. The van der Waals surface area contributed by atoms with Crippen molar-refractivity contribution in [3.05, 3.63) is 32.2 Å². The SMILES string of the molecule is Nc1nn(C(=O)C2CCC(N3CCC(Oc4ccc(Cl)c(Cl)c4)CC3)CC2)c(=S(N)(=O)O)s1. The number of benzene rings is 1. The zero-order valence-electron chi connectivity index (χ0n) is 17.9. The number of carbonyl (C=O) groups excluding carboxylic acids is 1. The van der Waals surface area contributed by atoms with Crippen LogP contribution >= 0.6 is 34.5 Å². The molecular formula is C20H27Cl2N5O4S2. The summed E-state index contributed by atoms with van der Waals surface area (Å²) >= 11 is 12.8. The van der Waals surface area contributed by atoms with E-state index in [0.717, 1.165) is 60.5 Å². The van der Waals surface area contributed by atoms with Crippen molar-refractivity contribution >= 4 is 55.6 Å². The number of nitrogens with zero attached hydrogens (tertiary/aromatic N) is 3. The summed E-state index contributed by atoms with van der Waals surface area (Å²) in [5.41, 5.74) is 5.65. The molecule has 13 heteroatoms. The van der Waals surface area contributed by atoms with Crippen molar-refractivity contribution in [3.63, 3.8) is 0 Å². The van der Waals surface area contributed by atoms with Gasteiger partial charge in [0.05, 0.1) is 10.0 Å². The normalized spacial score (nSPS) is 24.4. The standard InChI is InChI=1S/C20H27Cl2N5O4S2/c21-16-6-5-15(11-17(16)22)31-14-7-9-26(10-8-14)13-3-1-12(2-4-13)18(28)27-20(33(24,29)30)32-19(23)25-27/h5-6,11-14H,1-4,7-10H2,(H2,23,25)(H3,24,29,30). The van der Waals surface area contributed by atoms with Gasteiger partial charge in [0.25, 0.3) is 5.91 Å². The molecule has 0 bridgehead atoms. The summed E-state index contributed by atoms with van der Waals surface area (Å²) in [4.78, 5) is 15.4. The van der Waals surface area contributed by atoms with Crippen LogP contribution in [0.5, 0.6) is 5.75 Å². The first-order valence-electron chi connectivity index (χ1n) is 10.7. The van der Waals surface area contributed by atoms with Gasteiger partial charge < -0.3 is 19.9 Å². The minimum atomic E-state index is -3.82. The van der Waals surface area contributed by atoms with E-state index >= 15 is 0 Å². The van der Waals surface area contributed by atoms with Gasteiger partial charge in [0.2, 0.25) is 9.09 Å². The highest BCUT2D eigenvalue weighted by molar-refractivity contribution is 7.89. The van der Waals surface area contributed by atoms with E-state index in [1.807, 2.05) is 6.07 Å². The molecule has 0 amide bonds. The summed E-state index contributed by atoms with van der Waals surface area (Å²) in [5.74, 6) is 0.131. The van der Waals surface area contributed by atoms with Gasteiger partial charge in [0.15, 0.2) is 9.99 Å². The average molecular weight is 537 g/mol. The van der Waals surface area contributed by atoms with Crippen molar-refractivity contribution in [1.29, 1.82) is 0 Å². The van der Waals surface area contributed by atoms with Gasteiger partial charge in [0.1, 0.15) is 11.9 Å². The third-order valence-electron chi connectivity index (χ3n) is 6.26. The lowest BCUT2D eigenvalue weighted by atomic mass is 9.84. The molecule has 4 rings (SSSR count). The maximum Gasteiger partial charge on any atom is 0.252 e. The highest BCUT2D eigenvalue weighted by atomic mass is 35.5. The fourth-order valence-electron chi connectivity index (χ4n) is 4.58. The van der Waals surface area contributed by atoms with Crippen LogP contribution < -0.4 is 15.6 Å². The van der Waals surface area contributed by atoms with Crippen molar-refractivity contribution in [2.45, 2.75) is 50.7 Å². The first-order valence-corrected chi connectivity index (χ1v) is 13.9. The minimum absolute atomic E-state index is 0.0326.